The number of carbonyl (C=O) groups excluding carboxylic acids is 2. The van der Waals surface area contributed by atoms with Crippen LogP contribution in [0.2, 0.25) is 0 Å². The molecule has 4 aromatic rings. The second kappa shape index (κ2) is 14.2. The largest absolute Gasteiger partial charge is 0.494 e. The van der Waals surface area contributed by atoms with Crippen molar-refractivity contribution in [1.29, 1.82) is 5.26 Å². The van der Waals surface area contributed by atoms with Gasteiger partial charge in [-0.15, -0.1) is 0 Å². The summed E-state index contributed by atoms with van der Waals surface area (Å²) in [6.07, 6.45) is 8.02. The quantitative estimate of drug-likeness (QED) is 0.103. The van der Waals surface area contributed by atoms with Crippen LogP contribution in [-0.4, -0.2) is 59.1 Å². The number of hydrogen-bond acceptors (Lipinski definition) is 7. The number of sulfone groups is 1. The summed E-state index contributed by atoms with van der Waals surface area (Å²) in [6, 6.07) is 27.2. The molecule has 1 atom stereocenters. The number of carbonyl (C=O) groups is 2. The van der Waals surface area contributed by atoms with E-state index in [-0.39, 0.29) is 34.6 Å². The maximum absolute atomic E-state index is 14.4. The van der Waals surface area contributed by atoms with Crippen LogP contribution in [0.15, 0.2) is 102 Å². The number of nitriles is 1. The van der Waals surface area contributed by atoms with Gasteiger partial charge in [-0.1, -0.05) is 74.7 Å². The van der Waals surface area contributed by atoms with Gasteiger partial charge in [0.2, 0.25) is 0 Å². The monoisotopic (exact) mass is 660 g/mol. The molecule has 0 spiro atoms. The number of ether oxygens (including phenoxy) is 1. The van der Waals surface area contributed by atoms with Gasteiger partial charge in [-0.2, -0.15) is 10.4 Å². The zero-order chi connectivity index (χ0) is 33.7. The van der Waals surface area contributed by atoms with Gasteiger partial charge in [0.1, 0.15) is 17.4 Å². The molecule has 1 unspecified atom stereocenters. The van der Waals surface area contributed by atoms with Crippen molar-refractivity contribution < 1.29 is 22.7 Å². The van der Waals surface area contributed by atoms with E-state index < -0.39 is 27.7 Å². The number of amides is 2. The van der Waals surface area contributed by atoms with E-state index >= 15 is 0 Å². The Bertz CT molecular complexity index is 2030. The van der Waals surface area contributed by atoms with E-state index in [9.17, 15) is 23.3 Å². The van der Waals surface area contributed by atoms with Gasteiger partial charge in [0.05, 0.1) is 41.1 Å². The zero-order valence-electron chi connectivity index (χ0n) is 26.7. The molecule has 1 fully saturated rings. The first-order chi connectivity index (χ1) is 23.3. The van der Waals surface area contributed by atoms with E-state index in [1.54, 1.807) is 41.2 Å². The molecular formula is C38H36N4O5S. The summed E-state index contributed by atoms with van der Waals surface area (Å²) in [5.41, 5.74) is 3.36. The van der Waals surface area contributed by atoms with Crippen LogP contribution in [0, 0.1) is 11.3 Å². The van der Waals surface area contributed by atoms with Crippen LogP contribution in [0.25, 0.3) is 28.6 Å². The van der Waals surface area contributed by atoms with Gasteiger partial charge in [-0.25, -0.2) is 13.1 Å². The molecule has 0 N–H and O–H groups in total. The Kier molecular flexibility index (Phi) is 9.69. The molecule has 10 heteroatoms. The fourth-order valence-corrected chi connectivity index (χ4v) is 7.86. The van der Waals surface area contributed by atoms with Crippen molar-refractivity contribution in [3.8, 4) is 28.8 Å². The molecule has 3 heterocycles. The second-order valence-corrected chi connectivity index (χ2v) is 14.2. The van der Waals surface area contributed by atoms with Gasteiger partial charge < -0.3 is 4.74 Å². The maximum atomic E-state index is 14.4. The third-order valence-electron chi connectivity index (χ3n) is 8.61. The van der Waals surface area contributed by atoms with E-state index in [0.717, 1.165) is 41.2 Å². The molecule has 244 valence electrons. The van der Waals surface area contributed by atoms with Gasteiger partial charge in [-0.05, 0) is 60.9 Å². The van der Waals surface area contributed by atoms with E-state index in [1.807, 2.05) is 66.7 Å². The minimum Gasteiger partial charge on any atom is -0.494 e. The first-order valence-corrected chi connectivity index (χ1v) is 18.0. The normalized spacial score (nSPS) is 18.4. The fraction of sp³-hybridized carbons (Fsp3) is 0.263. The molecule has 0 aliphatic carbocycles. The Morgan fingerprint density at radius 3 is 2.27 bits per heavy atom. The van der Waals surface area contributed by atoms with Crippen LogP contribution in [0.5, 0.6) is 5.75 Å². The summed E-state index contributed by atoms with van der Waals surface area (Å²) in [6.45, 7) is 2.81. The minimum absolute atomic E-state index is 0.113. The average Bonchev–Trinajstić information content (AvgIpc) is 3.69. The molecule has 48 heavy (non-hydrogen) atoms. The highest BCUT2D eigenvalue weighted by molar-refractivity contribution is 7.91. The van der Waals surface area contributed by atoms with Gasteiger partial charge in [0, 0.05) is 22.9 Å². The Balaban J connectivity index is 1.47. The number of aromatic nitrogens is 2. The topological polar surface area (TPSA) is 122 Å². The third-order valence-corrected chi connectivity index (χ3v) is 10.4. The molecule has 3 aromatic carbocycles. The average molecular weight is 661 g/mol. The fourth-order valence-electron chi connectivity index (χ4n) is 6.16. The predicted octanol–water partition coefficient (Wildman–Crippen LogP) is 6.42. The Hall–Kier alpha value is -5.27. The summed E-state index contributed by atoms with van der Waals surface area (Å²) in [7, 11) is -3.43. The van der Waals surface area contributed by atoms with E-state index in [1.165, 1.54) is 6.42 Å². The first kappa shape index (κ1) is 32.7. The van der Waals surface area contributed by atoms with Crippen molar-refractivity contribution in [2.45, 2.75) is 45.1 Å². The highest BCUT2D eigenvalue weighted by Crippen LogP contribution is 2.38. The van der Waals surface area contributed by atoms with Crippen molar-refractivity contribution in [1.82, 2.24) is 14.7 Å². The molecule has 1 aromatic heterocycles. The Morgan fingerprint density at radius 2 is 1.62 bits per heavy atom. The Morgan fingerprint density at radius 1 is 0.917 bits per heavy atom. The molecule has 9 nitrogen and oxygen atoms in total. The highest BCUT2D eigenvalue weighted by atomic mass is 32.2. The van der Waals surface area contributed by atoms with Crippen LogP contribution >= 0.6 is 0 Å². The van der Waals surface area contributed by atoms with Crippen molar-refractivity contribution >= 4 is 33.3 Å². The lowest BCUT2D eigenvalue weighted by Crippen LogP contribution is -2.49. The predicted molar refractivity (Wildman–Crippen MR) is 185 cm³/mol. The maximum Gasteiger partial charge on any atom is 0.272 e. The zero-order valence-corrected chi connectivity index (χ0v) is 27.5. The van der Waals surface area contributed by atoms with Crippen LogP contribution in [-0.2, 0) is 19.4 Å². The molecule has 2 aliphatic rings. The lowest BCUT2D eigenvalue weighted by molar-refractivity contribution is -0.142. The van der Waals surface area contributed by atoms with Crippen LogP contribution in [0.3, 0.4) is 0 Å². The van der Waals surface area contributed by atoms with E-state index in [0.29, 0.717) is 23.4 Å². The standard InChI is InChI=1S/C38H36N4O5S/c1-2-3-4-11-21-47-32-18-16-28(17-19-32)36-29(25-41(40-36)30-14-9-6-10-15-30)23-33-35(27-12-7-5-8-13-27)34(24-39)38(44)42(37(33)43)31-20-22-48(45,46)26-31/h5-10,12-19,23,25,31H,2-4,11,20-22,26H2,1H3/b33-23-. The van der Waals surface area contributed by atoms with Crippen molar-refractivity contribution in [2.75, 3.05) is 18.1 Å². The number of rotatable bonds is 11. The molecule has 1 saturated heterocycles. The SMILES string of the molecule is CCCCCCOc1ccc(-c2nn(-c3ccccc3)cc2/C=C2\C(=O)N(C3CCS(=O)(=O)C3)C(=O)C(C#N)=C2c2ccccc2)cc1. The Labute approximate surface area is 280 Å². The number of para-hydroxylation sites is 1. The molecule has 0 radical (unpaired) electrons. The smallest absolute Gasteiger partial charge is 0.272 e. The van der Waals surface area contributed by atoms with Crippen molar-refractivity contribution in [2.24, 2.45) is 0 Å². The first-order valence-electron chi connectivity index (χ1n) is 16.2. The van der Waals surface area contributed by atoms with Crippen LogP contribution in [0.4, 0.5) is 0 Å². The molecule has 6 rings (SSSR count). The number of hydrogen-bond donors (Lipinski definition) is 0. The van der Waals surface area contributed by atoms with Crippen LogP contribution in [0.1, 0.15) is 50.2 Å². The third kappa shape index (κ3) is 6.87. The van der Waals surface area contributed by atoms with Crippen molar-refractivity contribution in [3.63, 3.8) is 0 Å². The molecule has 0 saturated carbocycles. The summed E-state index contributed by atoms with van der Waals surface area (Å²) in [4.78, 5) is 29.1. The molecular weight excluding hydrogens is 625 g/mol. The number of benzene rings is 3. The number of nitrogens with zero attached hydrogens (tertiary/aromatic N) is 4. The lowest BCUT2D eigenvalue weighted by atomic mass is 9.86. The van der Waals surface area contributed by atoms with Gasteiger partial charge in [-0.3, -0.25) is 14.5 Å². The van der Waals surface area contributed by atoms with Crippen molar-refractivity contribution in [3.05, 3.63) is 113 Å². The van der Waals surface area contributed by atoms with Crippen LogP contribution < -0.4 is 4.74 Å². The summed E-state index contributed by atoms with van der Waals surface area (Å²) < 4.78 is 32.5. The number of unbranched alkanes of at least 4 members (excludes halogenated alkanes) is 3. The molecule has 2 amide bonds. The molecule has 2 aliphatic heterocycles. The van der Waals surface area contributed by atoms with E-state index in [2.05, 4.69) is 6.92 Å². The number of imide groups is 1. The summed E-state index contributed by atoms with van der Waals surface area (Å²) in [5.74, 6) is -1.15. The lowest BCUT2D eigenvalue weighted by Gasteiger charge is -2.32. The molecule has 0 bridgehead atoms. The van der Waals surface area contributed by atoms with Gasteiger partial charge in [0.15, 0.2) is 9.84 Å². The highest BCUT2D eigenvalue weighted by Gasteiger charge is 2.45. The minimum atomic E-state index is -3.43. The summed E-state index contributed by atoms with van der Waals surface area (Å²) in [5, 5.41) is 15.2. The van der Waals surface area contributed by atoms with E-state index in [4.69, 9.17) is 9.84 Å². The summed E-state index contributed by atoms with van der Waals surface area (Å²) >= 11 is 0. The van der Waals surface area contributed by atoms with Gasteiger partial charge in [0.25, 0.3) is 11.8 Å². The second-order valence-electron chi connectivity index (χ2n) is 12.0. The van der Waals surface area contributed by atoms with Gasteiger partial charge >= 0.3 is 0 Å².